The minimum Gasteiger partial charge on any atom is -0.490 e. The van der Waals surface area contributed by atoms with Crippen molar-refractivity contribution in [1.82, 2.24) is 0 Å². The van der Waals surface area contributed by atoms with Gasteiger partial charge in [-0.1, -0.05) is 152 Å². The summed E-state index contributed by atoms with van der Waals surface area (Å²) < 4.78 is 34.4. The summed E-state index contributed by atoms with van der Waals surface area (Å²) in [5, 5.41) is 32.3. The summed E-state index contributed by atoms with van der Waals surface area (Å²) in [6.45, 7) is 16.4. The lowest BCUT2D eigenvalue weighted by molar-refractivity contribution is -0.142. The van der Waals surface area contributed by atoms with Crippen molar-refractivity contribution in [2.24, 2.45) is 0 Å². The number of hydrogen-bond acceptors (Lipinski definition) is 12. The highest BCUT2D eigenvalue weighted by molar-refractivity contribution is 5.81. The van der Waals surface area contributed by atoms with Crippen molar-refractivity contribution in [3.05, 3.63) is 161 Å². The van der Waals surface area contributed by atoms with E-state index in [0.717, 1.165) is 146 Å². The molecule has 0 aromatic heterocycles. The topological polar surface area (TPSA) is 167 Å². The lowest BCUT2D eigenvalue weighted by Gasteiger charge is -2.36. The van der Waals surface area contributed by atoms with Crippen molar-refractivity contribution in [2.75, 3.05) is 39.6 Å². The van der Waals surface area contributed by atoms with E-state index in [0.29, 0.717) is 17.4 Å². The molecule has 12 nitrogen and oxygen atoms in total. The van der Waals surface area contributed by atoms with E-state index < -0.39 is 47.0 Å². The highest BCUT2D eigenvalue weighted by atomic mass is 16.6. The highest BCUT2D eigenvalue weighted by Gasteiger charge is 2.36. The third-order valence-corrected chi connectivity index (χ3v) is 16.3. The van der Waals surface area contributed by atoms with Gasteiger partial charge in [0.05, 0.1) is 0 Å². The molecule has 4 aromatic carbocycles. The summed E-state index contributed by atoms with van der Waals surface area (Å²) in [4.78, 5) is 35.3. The van der Waals surface area contributed by atoms with Crippen molar-refractivity contribution >= 4 is 17.9 Å². The van der Waals surface area contributed by atoms with E-state index >= 15 is 0 Å². The molecule has 414 valence electrons. The predicted octanol–water partition coefficient (Wildman–Crippen LogP) is 11.9. The van der Waals surface area contributed by atoms with Gasteiger partial charge >= 0.3 is 17.9 Å². The van der Waals surface area contributed by atoms with Gasteiger partial charge in [0, 0.05) is 29.1 Å². The number of aliphatic hydroxyl groups excluding tert-OH is 3. The van der Waals surface area contributed by atoms with E-state index in [4.69, 9.17) is 28.4 Å². The van der Waals surface area contributed by atoms with Gasteiger partial charge in [-0.25, -0.2) is 14.4 Å². The third-order valence-electron chi connectivity index (χ3n) is 16.3. The Morgan fingerprint density at radius 2 is 0.727 bits per heavy atom. The van der Waals surface area contributed by atoms with Gasteiger partial charge in [0.1, 0.15) is 75.2 Å². The van der Waals surface area contributed by atoms with Crippen LogP contribution in [0.3, 0.4) is 0 Å². The summed E-state index contributed by atoms with van der Waals surface area (Å²) in [6.07, 6.45) is 16.6. The first kappa shape index (κ1) is 58.5. The van der Waals surface area contributed by atoms with E-state index in [-0.39, 0.29) is 51.5 Å². The molecule has 0 aliphatic heterocycles. The molecule has 0 heterocycles. The monoisotopic (exact) mass is 1050 g/mol. The fourth-order valence-corrected chi connectivity index (χ4v) is 11.5. The van der Waals surface area contributed by atoms with Crippen molar-refractivity contribution < 1.29 is 58.1 Å². The number of benzene rings is 4. The van der Waals surface area contributed by atoms with E-state index in [1.807, 2.05) is 18.2 Å². The third kappa shape index (κ3) is 15.3. The Hall–Kier alpha value is -6.21. The average Bonchev–Trinajstić information content (AvgIpc) is 3.49. The van der Waals surface area contributed by atoms with Crippen LogP contribution in [0.2, 0.25) is 0 Å². The number of carbonyl (C=O) groups is 3. The van der Waals surface area contributed by atoms with E-state index in [9.17, 15) is 29.7 Å². The quantitative estimate of drug-likeness (QED) is 0.0236. The van der Waals surface area contributed by atoms with Crippen molar-refractivity contribution in [3.8, 4) is 17.2 Å². The summed E-state index contributed by atoms with van der Waals surface area (Å²) in [7, 11) is 0. The minimum absolute atomic E-state index is 0.0147. The van der Waals surface area contributed by atoms with E-state index in [2.05, 4.69) is 101 Å². The van der Waals surface area contributed by atoms with E-state index in [1.54, 1.807) is 0 Å². The Balaban J connectivity index is 1.28. The molecule has 0 spiro atoms. The van der Waals surface area contributed by atoms with Gasteiger partial charge in [-0.15, -0.1) is 0 Å². The Labute approximate surface area is 456 Å². The van der Waals surface area contributed by atoms with Crippen LogP contribution in [0.1, 0.15) is 179 Å². The van der Waals surface area contributed by atoms with Crippen LogP contribution in [0.25, 0.3) is 0 Å². The molecule has 3 N–H and O–H groups in total. The van der Waals surface area contributed by atoms with Gasteiger partial charge in [-0.2, -0.15) is 0 Å². The van der Waals surface area contributed by atoms with Crippen LogP contribution in [-0.2, 0) is 39.4 Å². The van der Waals surface area contributed by atoms with Crippen LogP contribution in [0, 0.1) is 0 Å². The molecule has 3 aliphatic rings. The first-order chi connectivity index (χ1) is 37.1. The molecule has 0 bridgehead atoms. The molecule has 3 unspecified atom stereocenters. The second kappa shape index (κ2) is 27.9. The standard InChI is InChI=1S/C65H82O12/c1-7-61(69)75-41-52(66)38-72-58-32-29-49(35-55(58)44-19-13-10-14-20-44)64(4,5)47-25-27-48(28-26-47)65(6,50-30-33-59(56(36-50)45-21-15-11-16-22-45)73-39-53(67)42-76-62(70)8-2)51-31-34-60(57(37-51)46-23-17-12-18-24-46)74-40-54(68)43-77-63(71)9-3/h7-9,25-37,44-46,52-54,66-68H,1-3,10-24,38-43H2,4-6H3. The zero-order valence-electron chi connectivity index (χ0n) is 45.7. The smallest absolute Gasteiger partial charge is 0.330 e. The van der Waals surface area contributed by atoms with Crippen LogP contribution >= 0.6 is 0 Å². The fraction of sp³-hybridized carbons (Fsp3) is 0.492. The molecule has 7 rings (SSSR count). The average molecular weight is 1060 g/mol. The van der Waals surface area contributed by atoms with Crippen molar-refractivity contribution in [2.45, 2.75) is 164 Å². The maximum absolute atomic E-state index is 11.8. The van der Waals surface area contributed by atoms with Gasteiger partial charge in [0.2, 0.25) is 0 Å². The van der Waals surface area contributed by atoms with Gasteiger partial charge in [0.25, 0.3) is 0 Å². The number of ether oxygens (including phenoxy) is 6. The number of rotatable bonds is 26. The maximum atomic E-state index is 11.8. The fourth-order valence-electron chi connectivity index (χ4n) is 11.5. The normalized spacial score (nSPS) is 17.6. The lowest BCUT2D eigenvalue weighted by Crippen LogP contribution is -2.28. The Morgan fingerprint density at radius 1 is 0.442 bits per heavy atom. The second-order valence-corrected chi connectivity index (χ2v) is 22.0. The SMILES string of the molecule is C=CC(=O)OCC(O)COc1ccc(C(C)(C)c2ccc(C(C)(c3ccc(OCC(O)COC(=O)C=C)c(C4CCCCC4)c3)c3ccc(OCC(O)COC(=O)C=C)c(C4CCCCC4)c3)cc2)cc1C1CCCCC1. The Bertz CT molecular complexity index is 2520. The maximum Gasteiger partial charge on any atom is 0.330 e. The van der Waals surface area contributed by atoms with Gasteiger partial charge in [0.15, 0.2) is 0 Å². The van der Waals surface area contributed by atoms with Crippen LogP contribution in [0.15, 0.2) is 117 Å². The molecule has 12 heteroatoms. The van der Waals surface area contributed by atoms with Gasteiger partial charge in [-0.3, -0.25) is 0 Å². The largest absolute Gasteiger partial charge is 0.490 e. The number of aliphatic hydroxyl groups is 3. The molecule has 3 atom stereocenters. The number of carbonyl (C=O) groups excluding carboxylic acids is 3. The number of esters is 3. The van der Waals surface area contributed by atoms with Crippen LogP contribution in [-0.4, -0.2) is 91.2 Å². The highest BCUT2D eigenvalue weighted by Crippen LogP contribution is 2.48. The predicted molar refractivity (Wildman–Crippen MR) is 299 cm³/mol. The molecule has 77 heavy (non-hydrogen) atoms. The summed E-state index contributed by atoms with van der Waals surface area (Å²) >= 11 is 0. The van der Waals surface area contributed by atoms with Crippen LogP contribution < -0.4 is 14.2 Å². The van der Waals surface area contributed by atoms with Crippen molar-refractivity contribution in [1.29, 1.82) is 0 Å². The first-order valence-corrected chi connectivity index (χ1v) is 28.0. The molecular weight excluding hydrogens is 973 g/mol. The first-order valence-electron chi connectivity index (χ1n) is 28.0. The molecule has 0 amide bonds. The van der Waals surface area contributed by atoms with Gasteiger partial charge in [-0.05, 0) is 126 Å². The molecule has 3 aliphatic carbocycles. The van der Waals surface area contributed by atoms with Crippen molar-refractivity contribution in [3.63, 3.8) is 0 Å². The van der Waals surface area contributed by atoms with E-state index in [1.165, 1.54) is 19.3 Å². The molecule has 3 fully saturated rings. The Kier molecular flexibility index (Phi) is 21.2. The zero-order valence-corrected chi connectivity index (χ0v) is 45.7. The molecular formula is C65H82O12. The molecule has 3 saturated carbocycles. The molecule has 0 saturated heterocycles. The Morgan fingerprint density at radius 3 is 1.05 bits per heavy atom. The second-order valence-electron chi connectivity index (χ2n) is 22.0. The number of hydrogen-bond donors (Lipinski definition) is 3. The summed E-state index contributed by atoms with van der Waals surface area (Å²) in [5.74, 6) is 1.15. The molecule has 0 radical (unpaired) electrons. The van der Waals surface area contributed by atoms with Crippen LogP contribution in [0.4, 0.5) is 0 Å². The minimum atomic E-state index is -1.03. The molecule has 4 aromatic rings. The lowest BCUT2D eigenvalue weighted by atomic mass is 9.68. The van der Waals surface area contributed by atoms with Gasteiger partial charge < -0.3 is 43.7 Å². The summed E-state index contributed by atoms with van der Waals surface area (Å²) in [6, 6.07) is 28.4. The summed E-state index contributed by atoms with van der Waals surface area (Å²) in [5.41, 5.74) is 7.73. The van der Waals surface area contributed by atoms with Crippen LogP contribution in [0.5, 0.6) is 17.2 Å². The zero-order chi connectivity index (χ0) is 55.0.